The number of rotatable bonds is 7. The molecule has 0 N–H and O–H groups in total. The van der Waals surface area contributed by atoms with E-state index in [1.165, 1.54) is 5.56 Å². The zero-order valence-electron chi connectivity index (χ0n) is 17.5. The molecule has 0 atom stereocenters. The molecule has 4 rings (SSSR count). The van der Waals surface area contributed by atoms with Crippen LogP contribution in [0.3, 0.4) is 0 Å². The van der Waals surface area contributed by atoms with Gasteiger partial charge in [0.15, 0.2) is 11.0 Å². The number of hydrogen-bond acceptors (Lipinski definition) is 6. The van der Waals surface area contributed by atoms with Crippen LogP contribution >= 0.6 is 11.8 Å². The Morgan fingerprint density at radius 1 is 1.03 bits per heavy atom. The van der Waals surface area contributed by atoms with Crippen molar-refractivity contribution in [1.29, 1.82) is 0 Å². The fourth-order valence-corrected chi connectivity index (χ4v) is 3.95. The van der Waals surface area contributed by atoms with Crippen molar-refractivity contribution >= 4 is 11.8 Å². The molecule has 0 unspecified atom stereocenters. The van der Waals surface area contributed by atoms with E-state index in [2.05, 4.69) is 44.9 Å². The van der Waals surface area contributed by atoms with Crippen LogP contribution in [0.2, 0.25) is 0 Å². The molecule has 0 aliphatic rings. The first kappa shape index (κ1) is 20.2. The highest BCUT2D eigenvalue weighted by atomic mass is 32.2. The third-order valence-electron chi connectivity index (χ3n) is 4.71. The van der Waals surface area contributed by atoms with Crippen LogP contribution in [0.4, 0.5) is 0 Å². The maximum absolute atomic E-state index is 5.73. The van der Waals surface area contributed by atoms with E-state index < -0.39 is 0 Å². The molecule has 0 radical (unpaired) electrons. The Morgan fingerprint density at radius 3 is 2.50 bits per heavy atom. The van der Waals surface area contributed by atoms with Crippen molar-refractivity contribution in [3.63, 3.8) is 0 Å². The van der Waals surface area contributed by atoms with E-state index in [9.17, 15) is 0 Å². The van der Waals surface area contributed by atoms with E-state index in [-0.39, 0.29) is 0 Å². The SMILES string of the molecule is CCOc1ccc(-n2c(SCc3nc(C)c(C)o3)nnc2-c2cccc(C)c2)cc1. The van der Waals surface area contributed by atoms with E-state index in [0.29, 0.717) is 18.3 Å². The average molecular weight is 421 g/mol. The van der Waals surface area contributed by atoms with Crippen LogP contribution in [-0.4, -0.2) is 26.4 Å². The zero-order chi connectivity index (χ0) is 21.1. The standard InChI is InChI=1S/C23H24N4O2S/c1-5-28-20-11-9-19(10-12-20)27-22(18-8-6-7-15(2)13-18)25-26-23(27)30-14-21-24-16(3)17(4)29-21/h6-13H,5,14H2,1-4H3. The van der Waals surface area contributed by atoms with Gasteiger partial charge in [-0.1, -0.05) is 35.5 Å². The molecule has 30 heavy (non-hydrogen) atoms. The second kappa shape index (κ2) is 8.75. The largest absolute Gasteiger partial charge is 0.494 e. The number of hydrogen-bond donors (Lipinski definition) is 0. The summed E-state index contributed by atoms with van der Waals surface area (Å²) < 4.78 is 13.4. The number of oxazole rings is 1. The lowest BCUT2D eigenvalue weighted by molar-refractivity contribution is 0.340. The summed E-state index contributed by atoms with van der Waals surface area (Å²) in [6.07, 6.45) is 0. The van der Waals surface area contributed by atoms with Crippen molar-refractivity contribution in [3.05, 3.63) is 71.4 Å². The van der Waals surface area contributed by atoms with E-state index in [4.69, 9.17) is 9.15 Å². The fraction of sp³-hybridized carbons (Fsp3) is 0.261. The lowest BCUT2D eigenvalue weighted by Crippen LogP contribution is -2.00. The van der Waals surface area contributed by atoms with E-state index in [1.54, 1.807) is 11.8 Å². The van der Waals surface area contributed by atoms with Gasteiger partial charge in [0.2, 0.25) is 5.89 Å². The van der Waals surface area contributed by atoms with Gasteiger partial charge in [0.1, 0.15) is 11.5 Å². The molecular weight excluding hydrogens is 396 g/mol. The van der Waals surface area contributed by atoms with Crippen LogP contribution in [0.25, 0.3) is 17.1 Å². The molecule has 0 saturated carbocycles. The van der Waals surface area contributed by atoms with Crippen molar-refractivity contribution in [2.75, 3.05) is 6.61 Å². The minimum Gasteiger partial charge on any atom is -0.494 e. The summed E-state index contributed by atoms with van der Waals surface area (Å²) in [5.74, 6) is 3.75. The molecule has 0 spiro atoms. The van der Waals surface area contributed by atoms with Gasteiger partial charge in [-0.15, -0.1) is 10.2 Å². The van der Waals surface area contributed by atoms with E-state index in [0.717, 1.165) is 39.4 Å². The highest BCUT2D eigenvalue weighted by Crippen LogP contribution is 2.31. The third-order valence-corrected chi connectivity index (χ3v) is 5.63. The average Bonchev–Trinajstić information content (AvgIpc) is 3.30. The van der Waals surface area contributed by atoms with Gasteiger partial charge >= 0.3 is 0 Å². The summed E-state index contributed by atoms with van der Waals surface area (Å²) in [4.78, 5) is 4.47. The van der Waals surface area contributed by atoms with Gasteiger partial charge in [-0.25, -0.2) is 4.98 Å². The summed E-state index contributed by atoms with van der Waals surface area (Å²) in [6, 6.07) is 16.3. The number of nitrogens with zero attached hydrogens (tertiary/aromatic N) is 4. The molecule has 0 saturated heterocycles. The molecule has 7 heteroatoms. The molecule has 2 heterocycles. The first-order valence-electron chi connectivity index (χ1n) is 9.86. The molecule has 0 aliphatic carbocycles. The quantitative estimate of drug-likeness (QED) is 0.366. The molecule has 0 bridgehead atoms. The molecular formula is C23H24N4O2S. The van der Waals surface area contributed by atoms with Crippen molar-refractivity contribution < 1.29 is 9.15 Å². The highest BCUT2D eigenvalue weighted by molar-refractivity contribution is 7.98. The van der Waals surface area contributed by atoms with Crippen LogP contribution in [0.15, 0.2) is 58.1 Å². The van der Waals surface area contributed by atoms with Gasteiger partial charge in [0, 0.05) is 11.3 Å². The van der Waals surface area contributed by atoms with Gasteiger partial charge in [-0.3, -0.25) is 4.57 Å². The van der Waals surface area contributed by atoms with E-state index in [1.807, 2.05) is 51.1 Å². The third kappa shape index (κ3) is 4.26. The molecule has 6 nitrogen and oxygen atoms in total. The van der Waals surface area contributed by atoms with Gasteiger partial charge < -0.3 is 9.15 Å². The van der Waals surface area contributed by atoms with Crippen molar-refractivity contribution in [3.8, 4) is 22.8 Å². The van der Waals surface area contributed by atoms with Crippen LogP contribution < -0.4 is 4.74 Å². The van der Waals surface area contributed by atoms with Crippen molar-refractivity contribution in [2.45, 2.75) is 38.6 Å². The Kier molecular flexibility index (Phi) is 5.90. The number of aromatic nitrogens is 4. The van der Waals surface area contributed by atoms with Crippen molar-refractivity contribution in [1.82, 2.24) is 19.7 Å². The zero-order valence-corrected chi connectivity index (χ0v) is 18.4. The summed E-state index contributed by atoms with van der Waals surface area (Å²) >= 11 is 1.55. The normalized spacial score (nSPS) is 11.1. The minimum absolute atomic E-state index is 0.581. The Balaban J connectivity index is 1.72. The highest BCUT2D eigenvalue weighted by Gasteiger charge is 2.18. The number of thioether (sulfide) groups is 1. The van der Waals surface area contributed by atoms with Crippen LogP contribution in [0.1, 0.15) is 29.8 Å². The summed E-state index contributed by atoms with van der Waals surface area (Å²) in [5.41, 5.74) is 4.08. The molecule has 2 aromatic heterocycles. The smallest absolute Gasteiger partial charge is 0.205 e. The van der Waals surface area contributed by atoms with Gasteiger partial charge in [0.25, 0.3) is 0 Å². The monoisotopic (exact) mass is 420 g/mol. The Bertz CT molecular complexity index is 1130. The second-order valence-electron chi connectivity index (χ2n) is 6.98. The summed E-state index contributed by atoms with van der Waals surface area (Å²) in [5, 5.41) is 9.77. The van der Waals surface area contributed by atoms with Crippen LogP contribution in [0.5, 0.6) is 5.75 Å². The first-order chi connectivity index (χ1) is 14.5. The maximum Gasteiger partial charge on any atom is 0.205 e. The van der Waals surface area contributed by atoms with E-state index >= 15 is 0 Å². The topological polar surface area (TPSA) is 66.0 Å². The Labute approximate surface area is 180 Å². The molecule has 4 aromatic rings. The summed E-state index contributed by atoms with van der Waals surface area (Å²) in [7, 11) is 0. The van der Waals surface area contributed by atoms with Gasteiger partial charge in [-0.05, 0) is 58.0 Å². The minimum atomic E-state index is 0.581. The van der Waals surface area contributed by atoms with Crippen molar-refractivity contribution in [2.24, 2.45) is 0 Å². The number of ether oxygens (including phenoxy) is 1. The molecule has 2 aromatic carbocycles. The van der Waals surface area contributed by atoms with Crippen LogP contribution in [-0.2, 0) is 5.75 Å². The maximum atomic E-state index is 5.73. The molecule has 0 amide bonds. The predicted octanol–water partition coefficient (Wildman–Crippen LogP) is 5.54. The molecule has 0 aliphatic heterocycles. The first-order valence-corrected chi connectivity index (χ1v) is 10.8. The second-order valence-corrected chi connectivity index (χ2v) is 7.92. The lowest BCUT2D eigenvalue weighted by Gasteiger charge is -2.11. The molecule has 0 fully saturated rings. The predicted molar refractivity (Wildman–Crippen MR) is 118 cm³/mol. The van der Waals surface area contributed by atoms with Gasteiger partial charge in [-0.2, -0.15) is 0 Å². The summed E-state index contributed by atoms with van der Waals surface area (Å²) in [6.45, 7) is 8.56. The Hall–Kier alpha value is -3.06. The Morgan fingerprint density at radius 2 is 1.83 bits per heavy atom. The number of aryl methyl sites for hydroxylation is 3. The van der Waals surface area contributed by atoms with Crippen LogP contribution in [0, 0.1) is 20.8 Å². The fourth-order valence-electron chi connectivity index (χ4n) is 3.15. The lowest BCUT2D eigenvalue weighted by atomic mass is 10.1. The van der Waals surface area contributed by atoms with Gasteiger partial charge in [0.05, 0.1) is 18.1 Å². The molecule has 154 valence electrons. The number of benzene rings is 2.